The molecule has 0 saturated heterocycles. The quantitative estimate of drug-likeness (QED) is 0.244. The topological polar surface area (TPSA) is 125 Å². The third-order valence-electron chi connectivity index (χ3n) is 5.87. The number of aromatic amines is 2. The first-order valence-corrected chi connectivity index (χ1v) is 12.6. The molecule has 0 radical (unpaired) electrons. The van der Waals surface area contributed by atoms with Crippen LogP contribution >= 0.6 is 11.3 Å². The van der Waals surface area contributed by atoms with E-state index in [-0.39, 0.29) is 33.7 Å². The zero-order valence-electron chi connectivity index (χ0n) is 20.2. The number of hydrogen-bond acceptors (Lipinski definition) is 7. The molecule has 0 atom stereocenters. The van der Waals surface area contributed by atoms with Crippen molar-refractivity contribution in [3.63, 3.8) is 0 Å². The van der Waals surface area contributed by atoms with Crippen LogP contribution in [-0.4, -0.2) is 41.0 Å². The molecule has 3 N–H and O–H groups in total. The molecule has 190 valence electrons. The van der Waals surface area contributed by atoms with Crippen LogP contribution in [0.4, 0.5) is 14.5 Å². The number of nitrogens with one attached hydrogen (secondary N) is 3. The average Bonchev–Trinajstić information content (AvgIpc) is 3.61. The number of pyridine rings is 3. The van der Waals surface area contributed by atoms with E-state index < -0.39 is 5.82 Å². The minimum absolute atomic E-state index is 0.0557. The minimum Gasteiger partial charge on any atom is -0.336 e. The van der Waals surface area contributed by atoms with E-state index in [0.717, 1.165) is 11.3 Å². The predicted octanol–water partition coefficient (Wildman–Crippen LogP) is 5.95. The zero-order valence-corrected chi connectivity index (χ0v) is 21.0. The van der Waals surface area contributed by atoms with Gasteiger partial charge in [-0.2, -0.15) is 9.49 Å². The molecule has 12 heteroatoms. The Morgan fingerprint density at radius 2 is 1.92 bits per heavy atom. The van der Waals surface area contributed by atoms with Gasteiger partial charge in [-0.05, 0) is 30.2 Å². The van der Waals surface area contributed by atoms with E-state index in [2.05, 4.69) is 40.4 Å². The third kappa shape index (κ3) is 4.28. The maximum absolute atomic E-state index is 16.0. The van der Waals surface area contributed by atoms with Crippen molar-refractivity contribution >= 4 is 44.9 Å². The lowest BCUT2D eigenvalue weighted by Gasteiger charge is -2.09. The summed E-state index contributed by atoms with van der Waals surface area (Å²) < 4.78 is 29.6. The van der Waals surface area contributed by atoms with Crippen molar-refractivity contribution in [2.24, 2.45) is 5.92 Å². The van der Waals surface area contributed by atoms with Crippen LogP contribution in [0, 0.1) is 16.9 Å². The lowest BCUT2D eigenvalue weighted by Crippen LogP contribution is -2.14. The Kier molecular flexibility index (Phi) is 5.87. The number of hydrogen-bond donors (Lipinski definition) is 3. The van der Waals surface area contributed by atoms with Crippen LogP contribution in [-0.2, 0) is 4.79 Å². The fraction of sp³-hybridized carbons (Fsp3) is 0.154. The molecule has 6 rings (SSSR count). The molecule has 0 aliphatic rings. The molecule has 6 aromatic rings. The summed E-state index contributed by atoms with van der Waals surface area (Å²) in [5.74, 6) is -0.244. The number of nitrogens with zero attached hydrogens (tertiary/aromatic N) is 5. The number of carbonyl (C=O) groups excluding carboxylic acids is 1. The lowest BCUT2D eigenvalue weighted by molar-refractivity contribution is -0.116. The van der Waals surface area contributed by atoms with Crippen LogP contribution in [0.1, 0.15) is 20.3 Å². The summed E-state index contributed by atoms with van der Waals surface area (Å²) in [6.07, 6.45) is 6.42. The van der Waals surface area contributed by atoms with Crippen LogP contribution in [0.3, 0.4) is 0 Å². The van der Waals surface area contributed by atoms with Gasteiger partial charge in [0.2, 0.25) is 5.91 Å². The summed E-state index contributed by atoms with van der Waals surface area (Å²) in [5.41, 5.74) is 3.23. The van der Waals surface area contributed by atoms with Gasteiger partial charge >= 0.3 is 0 Å². The zero-order chi connectivity index (χ0) is 26.4. The van der Waals surface area contributed by atoms with Gasteiger partial charge in [-0.3, -0.25) is 24.8 Å². The van der Waals surface area contributed by atoms with Gasteiger partial charge < -0.3 is 10.3 Å². The van der Waals surface area contributed by atoms with Crippen molar-refractivity contribution in [1.29, 1.82) is 0 Å². The fourth-order valence-corrected chi connectivity index (χ4v) is 4.97. The Bertz CT molecular complexity index is 1820. The van der Waals surface area contributed by atoms with E-state index in [9.17, 15) is 9.18 Å². The van der Waals surface area contributed by atoms with Gasteiger partial charge in [0.05, 0.1) is 39.4 Å². The normalized spacial score (nSPS) is 11.6. The van der Waals surface area contributed by atoms with E-state index in [1.807, 2.05) is 13.8 Å². The number of fused-ring (bicyclic) bond motifs is 2. The molecule has 6 heterocycles. The number of imidazole rings is 1. The molecule has 38 heavy (non-hydrogen) atoms. The molecule has 0 bridgehead atoms. The van der Waals surface area contributed by atoms with Crippen LogP contribution < -0.4 is 5.32 Å². The number of thiophene rings is 1. The third-order valence-corrected chi connectivity index (χ3v) is 6.75. The van der Waals surface area contributed by atoms with Crippen LogP contribution in [0.2, 0.25) is 0 Å². The first-order chi connectivity index (χ1) is 18.4. The van der Waals surface area contributed by atoms with Crippen molar-refractivity contribution < 1.29 is 13.6 Å². The number of carbonyl (C=O) groups is 1. The molecule has 1 amide bonds. The molecule has 0 spiro atoms. The smallest absolute Gasteiger partial charge is 0.224 e. The molecule has 0 fully saturated rings. The first-order valence-electron chi connectivity index (χ1n) is 11.8. The summed E-state index contributed by atoms with van der Waals surface area (Å²) in [6.45, 7) is 3.90. The number of anilines is 1. The Balaban J connectivity index is 1.42. The highest BCUT2D eigenvalue weighted by atomic mass is 32.1. The Morgan fingerprint density at radius 3 is 2.71 bits per heavy atom. The van der Waals surface area contributed by atoms with Gasteiger partial charge in [0.25, 0.3) is 0 Å². The van der Waals surface area contributed by atoms with Crippen molar-refractivity contribution in [1.82, 2.24) is 35.1 Å². The number of H-pyrrole nitrogens is 2. The van der Waals surface area contributed by atoms with Gasteiger partial charge in [-0.1, -0.05) is 13.8 Å². The second-order valence-corrected chi connectivity index (χ2v) is 10.2. The molecular formula is C26H20F2N8OS. The Morgan fingerprint density at radius 1 is 1.05 bits per heavy atom. The maximum atomic E-state index is 16.0. The Hall–Kier alpha value is -4.58. The van der Waals surface area contributed by atoms with Crippen LogP contribution in [0.25, 0.3) is 55.3 Å². The number of aromatic nitrogens is 7. The Labute approximate surface area is 218 Å². The van der Waals surface area contributed by atoms with Crippen molar-refractivity contribution in [3.8, 4) is 33.3 Å². The second-order valence-electron chi connectivity index (χ2n) is 9.14. The molecule has 0 unspecified atom stereocenters. The maximum Gasteiger partial charge on any atom is 0.224 e. The molecule has 0 saturated carbocycles. The van der Waals surface area contributed by atoms with Gasteiger partial charge in [-0.25, -0.2) is 9.37 Å². The lowest BCUT2D eigenvalue weighted by atomic mass is 10.1. The summed E-state index contributed by atoms with van der Waals surface area (Å²) in [4.78, 5) is 33.4. The van der Waals surface area contributed by atoms with E-state index in [0.29, 0.717) is 50.6 Å². The fourth-order valence-electron chi connectivity index (χ4n) is 4.24. The molecule has 9 nitrogen and oxygen atoms in total. The van der Waals surface area contributed by atoms with Crippen molar-refractivity contribution in [2.75, 3.05) is 5.32 Å². The molecule has 6 aromatic heterocycles. The average molecular weight is 531 g/mol. The molecule has 0 aliphatic heterocycles. The highest BCUT2D eigenvalue weighted by Gasteiger charge is 2.22. The molecular weight excluding hydrogens is 510 g/mol. The van der Waals surface area contributed by atoms with E-state index in [4.69, 9.17) is 0 Å². The van der Waals surface area contributed by atoms with Gasteiger partial charge in [0.15, 0.2) is 16.8 Å². The monoisotopic (exact) mass is 530 g/mol. The van der Waals surface area contributed by atoms with Gasteiger partial charge in [0.1, 0.15) is 22.6 Å². The summed E-state index contributed by atoms with van der Waals surface area (Å²) in [7, 11) is 0. The first kappa shape index (κ1) is 23.8. The predicted molar refractivity (Wildman–Crippen MR) is 141 cm³/mol. The minimum atomic E-state index is -0.613. The van der Waals surface area contributed by atoms with E-state index in [1.165, 1.54) is 24.7 Å². The van der Waals surface area contributed by atoms with Gasteiger partial charge in [-0.15, -0.1) is 11.3 Å². The number of amides is 1. The number of halogens is 2. The van der Waals surface area contributed by atoms with Crippen molar-refractivity contribution in [2.45, 2.75) is 20.3 Å². The van der Waals surface area contributed by atoms with E-state index in [1.54, 1.807) is 24.4 Å². The van der Waals surface area contributed by atoms with Crippen molar-refractivity contribution in [3.05, 3.63) is 60.0 Å². The summed E-state index contributed by atoms with van der Waals surface area (Å²) in [5, 5.41) is 9.77. The SMILES string of the molecule is CC(C)CC(=O)Nc1cncc(-c2ncc3[nH]nc(-c4nc5c(-c6ccc(F)s6)nccc5[nH]4)c3c2F)c1. The van der Waals surface area contributed by atoms with Crippen LogP contribution in [0.15, 0.2) is 49.1 Å². The number of rotatable bonds is 6. The second kappa shape index (κ2) is 9.38. The summed E-state index contributed by atoms with van der Waals surface area (Å²) in [6, 6.07) is 6.38. The molecule has 0 aromatic carbocycles. The highest BCUT2D eigenvalue weighted by Crippen LogP contribution is 2.35. The molecule has 0 aliphatic carbocycles. The van der Waals surface area contributed by atoms with Gasteiger partial charge in [0, 0.05) is 24.4 Å². The van der Waals surface area contributed by atoms with E-state index >= 15 is 4.39 Å². The summed E-state index contributed by atoms with van der Waals surface area (Å²) >= 11 is 0.969. The van der Waals surface area contributed by atoms with Crippen LogP contribution in [0.5, 0.6) is 0 Å². The largest absolute Gasteiger partial charge is 0.336 e. The highest BCUT2D eigenvalue weighted by molar-refractivity contribution is 7.13. The standard InChI is InChI=1S/C26H20F2N8OS/c1-12(2)7-19(37)32-14-8-13(9-29-10-14)22-21(28)20-16(11-31-22)35-36-25(20)26-33-15-5-6-30-24(23(15)34-26)17-3-4-18(27)38-17/h3-6,8-12H,7H2,1-2H3,(H,32,37)(H,33,34)(H,35,36).